The van der Waals surface area contributed by atoms with Gasteiger partial charge in [0.05, 0.1) is 0 Å². The van der Waals surface area contributed by atoms with Gasteiger partial charge >= 0.3 is 0 Å². The first-order valence-electron chi connectivity index (χ1n) is 9.47. The van der Waals surface area contributed by atoms with Gasteiger partial charge in [-0.25, -0.2) is 0 Å². The summed E-state index contributed by atoms with van der Waals surface area (Å²) in [6.45, 7) is 9.01. The summed E-state index contributed by atoms with van der Waals surface area (Å²) in [5.74, 6) is 1.27. The Morgan fingerprint density at radius 3 is 2.40 bits per heavy atom. The van der Waals surface area contributed by atoms with Crippen molar-refractivity contribution >= 4 is 41.8 Å². The molecule has 1 rings (SSSR count). The number of nitrogens with one attached hydrogen (secondary N) is 2. The Morgan fingerprint density at radius 2 is 1.84 bits per heavy atom. The Kier molecular flexibility index (Phi) is 13.8. The predicted octanol–water partition coefficient (Wildman–Crippen LogP) is 2.92. The quantitative estimate of drug-likeness (QED) is 0.225. The summed E-state index contributed by atoms with van der Waals surface area (Å²) in [5.41, 5.74) is 0. The highest BCUT2D eigenvalue weighted by atomic mass is 127. The molecule has 1 heterocycles. The largest absolute Gasteiger partial charge is 0.357 e. The lowest BCUT2D eigenvalue weighted by Gasteiger charge is -2.25. The maximum absolute atomic E-state index is 11.8. The van der Waals surface area contributed by atoms with Crippen molar-refractivity contribution in [3.63, 3.8) is 0 Å². The van der Waals surface area contributed by atoms with Gasteiger partial charge in [0.15, 0.2) is 5.96 Å². The molecule has 25 heavy (non-hydrogen) atoms. The number of nitrogens with zero attached hydrogens (tertiary/aromatic N) is 2. The van der Waals surface area contributed by atoms with Crippen LogP contribution in [0.5, 0.6) is 0 Å². The zero-order valence-electron chi connectivity index (χ0n) is 16.0. The van der Waals surface area contributed by atoms with Gasteiger partial charge in [0.2, 0.25) is 11.8 Å². The van der Waals surface area contributed by atoms with Crippen molar-refractivity contribution in [2.45, 2.75) is 65.7 Å². The summed E-state index contributed by atoms with van der Waals surface area (Å²) in [6.07, 6.45) is 6.47. The van der Waals surface area contributed by atoms with E-state index in [4.69, 9.17) is 0 Å². The number of aliphatic imine (C=N–C) groups is 1. The number of halogens is 1. The van der Waals surface area contributed by atoms with Gasteiger partial charge in [0, 0.05) is 39.0 Å². The highest BCUT2D eigenvalue weighted by molar-refractivity contribution is 14.0. The van der Waals surface area contributed by atoms with E-state index < -0.39 is 0 Å². The topological polar surface area (TPSA) is 73.8 Å². The fourth-order valence-electron chi connectivity index (χ4n) is 2.81. The third-order valence-electron chi connectivity index (χ3n) is 4.41. The highest BCUT2D eigenvalue weighted by Gasteiger charge is 2.25. The molecule has 1 aliphatic heterocycles. The normalized spacial score (nSPS) is 16.4. The van der Waals surface area contributed by atoms with E-state index >= 15 is 0 Å². The molecule has 1 fully saturated rings. The summed E-state index contributed by atoms with van der Waals surface area (Å²) < 4.78 is 0. The number of amides is 2. The molecule has 0 aromatic rings. The van der Waals surface area contributed by atoms with E-state index in [-0.39, 0.29) is 35.8 Å². The lowest BCUT2D eigenvalue weighted by molar-refractivity contribution is -0.147. The van der Waals surface area contributed by atoms with Crippen LogP contribution in [0.3, 0.4) is 0 Å². The van der Waals surface area contributed by atoms with Crippen LogP contribution in [0, 0.1) is 5.92 Å². The third kappa shape index (κ3) is 9.42. The number of guanidine groups is 1. The van der Waals surface area contributed by atoms with Gasteiger partial charge in [-0.3, -0.25) is 19.5 Å². The third-order valence-corrected chi connectivity index (χ3v) is 4.41. The number of carbonyl (C=O) groups is 2. The first-order chi connectivity index (χ1) is 11.6. The van der Waals surface area contributed by atoms with Crippen LogP contribution >= 0.6 is 24.0 Å². The Morgan fingerprint density at radius 1 is 1.16 bits per heavy atom. The van der Waals surface area contributed by atoms with Crippen molar-refractivity contribution in [3.05, 3.63) is 0 Å². The summed E-state index contributed by atoms with van der Waals surface area (Å²) >= 11 is 0. The molecule has 2 amide bonds. The molecule has 2 N–H and O–H groups in total. The smallest absolute Gasteiger partial charge is 0.229 e. The second-order valence-corrected chi connectivity index (χ2v) is 6.36. The van der Waals surface area contributed by atoms with Crippen molar-refractivity contribution in [1.29, 1.82) is 0 Å². The molecular weight excluding hydrogens is 431 g/mol. The average Bonchev–Trinajstić information content (AvgIpc) is 2.57. The Hall–Kier alpha value is -0.860. The molecule has 146 valence electrons. The van der Waals surface area contributed by atoms with Crippen LogP contribution in [0.1, 0.15) is 65.7 Å². The first-order valence-corrected chi connectivity index (χ1v) is 9.47. The number of carbonyl (C=O) groups excluding carboxylic acids is 2. The molecule has 1 aliphatic rings. The molecule has 0 spiro atoms. The number of likely N-dealkylation sites (tertiary alicyclic amines) is 1. The van der Waals surface area contributed by atoms with Gasteiger partial charge in [-0.2, -0.15) is 0 Å². The maximum Gasteiger partial charge on any atom is 0.229 e. The molecule has 1 unspecified atom stereocenters. The second kappa shape index (κ2) is 14.3. The molecule has 6 nitrogen and oxygen atoms in total. The second-order valence-electron chi connectivity index (χ2n) is 6.36. The molecule has 0 aliphatic carbocycles. The molecule has 7 heteroatoms. The lowest BCUT2D eigenvalue weighted by Crippen LogP contribution is -2.46. The van der Waals surface area contributed by atoms with E-state index in [0.717, 1.165) is 25.5 Å². The Balaban J connectivity index is 0.00000576. The van der Waals surface area contributed by atoms with Gasteiger partial charge in [-0.1, -0.05) is 33.1 Å². The van der Waals surface area contributed by atoms with Crippen molar-refractivity contribution in [2.75, 3.05) is 26.2 Å². The minimum Gasteiger partial charge on any atom is -0.357 e. The van der Waals surface area contributed by atoms with E-state index in [9.17, 15) is 9.59 Å². The highest BCUT2D eigenvalue weighted by Crippen LogP contribution is 2.13. The van der Waals surface area contributed by atoms with Gasteiger partial charge in [0.25, 0.3) is 0 Å². The van der Waals surface area contributed by atoms with Crippen LogP contribution < -0.4 is 10.6 Å². The SMILES string of the molecule is CCCCC(CC)CN=C(NCC)NCCN1C(=O)CCCC1=O.I. The van der Waals surface area contributed by atoms with Crippen LogP contribution in [0.25, 0.3) is 0 Å². The summed E-state index contributed by atoms with van der Waals surface area (Å²) in [5, 5.41) is 6.47. The first kappa shape index (κ1) is 24.1. The van der Waals surface area contributed by atoms with Crippen molar-refractivity contribution < 1.29 is 9.59 Å². The standard InChI is InChI=1S/C18H34N4O2.HI/c1-4-7-9-15(5-2)14-21-18(19-6-3)20-12-13-22-16(23)10-8-11-17(22)24;/h15H,4-14H2,1-3H3,(H2,19,20,21);1H. The van der Waals surface area contributed by atoms with Crippen LogP contribution in [-0.2, 0) is 9.59 Å². The lowest BCUT2D eigenvalue weighted by atomic mass is 10.00. The molecular formula is C18H35IN4O2. The molecule has 0 aromatic heterocycles. The summed E-state index contributed by atoms with van der Waals surface area (Å²) in [4.78, 5) is 29.6. The van der Waals surface area contributed by atoms with Crippen LogP contribution in [-0.4, -0.2) is 48.9 Å². The zero-order valence-corrected chi connectivity index (χ0v) is 18.3. The van der Waals surface area contributed by atoms with E-state index in [2.05, 4.69) is 29.5 Å². The van der Waals surface area contributed by atoms with E-state index in [1.54, 1.807) is 0 Å². The molecule has 1 atom stereocenters. The van der Waals surface area contributed by atoms with Crippen molar-refractivity contribution in [3.8, 4) is 0 Å². The summed E-state index contributed by atoms with van der Waals surface area (Å²) in [6, 6.07) is 0. The van der Waals surface area contributed by atoms with Crippen LogP contribution in [0.15, 0.2) is 4.99 Å². The van der Waals surface area contributed by atoms with Gasteiger partial charge in [-0.15, -0.1) is 24.0 Å². The van der Waals surface area contributed by atoms with E-state index in [1.807, 2.05) is 6.92 Å². The van der Waals surface area contributed by atoms with Gasteiger partial charge < -0.3 is 10.6 Å². The van der Waals surface area contributed by atoms with Crippen LogP contribution in [0.2, 0.25) is 0 Å². The minimum absolute atomic E-state index is 0. The molecule has 0 bridgehead atoms. The fraction of sp³-hybridized carbons (Fsp3) is 0.833. The number of unbranched alkanes of at least 4 members (excludes halogenated alkanes) is 1. The van der Waals surface area contributed by atoms with Crippen molar-refractivity contribution in [1.82, 2.24) is 15.5 Å². The monoisotopic (exact) mass is 466 g/mol. The Labute approximate surface area is 169 Å². The van der Waals surface area contributed by atoms with Gasteiger partial charge in [-0.05, 0) is 25.7 Å². The number of imide groups is 1. The zero-order chi connectivity index (χ0) is 17.8. The average molecular weight is 466 g/mol. The Bertz CT molecular complexity index is 413. The minimum atomic E-state index is -0.0550. The summed E-state index contributed by atoms with van der Waals surface area (Å²) in [7, 11) is 0. The molecule has 0 saturated carbocycles. The number of rotatable bonds is 10. The van der Waals surface area contributed by atoms with E-state index in [1.165, 1.54) is 24.2 Å². The molecule has 0 aromatic carbocycles. The van der Waals surface area contributed by atoms with E-state index in [0.29, 0.717) is 38.3 Å². The number of piperidine rings is 1. The maximum atomic E-state index is 11.8. The number of hydrogen-bond donors (Lipinski definition) is 2. The van der Waals surface area contributed by atoms with Gasteiger partial charge in [0.1, 0.15) is 0 Å². The van der Waals surface area contributed by atoms with Crippen LogP contribution in [0.4, 0.5) is 0 Å². The number of hydrogen-bond acceptors (Lipinski definition) is 3. The predicted molar refractivity (Wildman–Crippen MR) is 113 cm³/mol. The molecule has 0 radical (unpaired) electrons. The molecule has 1 saturated heterocycles. The van der Waals surface area contributed by atoms with Crippen molar-refractivity contribution in [2.24, 2.45) is 10.9 Å². The fourth-order valence-corrected chi connectivity index (χ4v) is 2.81.